The van der Waals surface area contributed by atoms with Crippen LogP contribution >= 0.6 is 0 Å². The van der Waals surface area contributed by atoms with Gasteiger partial charge in [0.15, 0.2) is 9.84 Å². The van der Waals surface area contributed by atoms with Gasteiger partial charge in [0.2, 0.25) is 5.91 Å². The maximum Gasteiger partial charge on any atom is 0.311 e. The summed E-state index contributed by atoms with van der Waals surface area (Å²) in [7, 11) is -3.76. The number of rotatable bonds is 5. The first-order chi connectivity index (χ1) is 13.7. The third-order valence-electron chi connectivity index (χ3n) is 4.88. The molecule has 0 saturated carbocycles. The van der Waals surface area contributed by atoms with E-state index >= 15 is 0 Å². The Morgan fingerprint density at radius 1 is 1.17 bits per heavy atom. The first-order valence-corrected chi connectivity index (χ1v) is 10.8. The fourth-order valence-electron chi connectivity index (χ4n) is 3.41. The smallest absolute Gasteiger partial charge is 0.311 e. The lowest BCUT2D eigenvalue weighted by atomic mass is 9.95. The summed E-state index contributed by atoms with van der Waals surface area (Å²) in [6.45, 7) is 0.741. The van der Waals surface area contributed by atoms with Gasteiger partial charge in [0.05, 0.1) is 4.92 Å². The summed E-state index contributed by atoms with van der Waals surface area (Å²) in [6.07, 6.45) is 1.84. The number of sulfone groups is 1. The molecule has 154 valence electrons. The van der Waals surface area contributed by atoms with E-state index in [4.69, 9.17) is 0 Å². The minimum Gasteiger partial charge on any atom is -0.366 e. The number of piperidine rings is 1. The summed E-state index contributed by atoms with van der Waals surface area (Å²) in [5.74, 6) is -0.890. The van der Waals surface area contributed by atoms with Crippen molar-refractivity contribution in [3.8, 4) is 0 Å². The van der Waals surface area contributed by atoms with Crippen molar-refractivity contribution in [3.05, 3.63) is 58.4 Å². The van der Waals surface area contributed by atoms with Crippen molar-refractivity contribution in [2.24, 2.45) is 5.92 Å². The van der Waals surface area contributed by atoms with Gasteiger partial charge in [-0.3, -0.25) is 14.9 Å². The molecule has 1 aliphatic heterocycles. The Bertz CT molecular complexity index is 1030. The molecule has 1 N–H and O–H groups in total. The number of anilines is 2. The van der Waals surface area contributed by atoms with E-state index in [1.165, 1.54) is 42.5 Å². The molecule has 0 bridgehead atoms. The van der Waals surface area contributed by atoms with Crippen LogP contribution in [0.15, 0.2) is 47.4 Å². The minimum absolute atomic E-state index is 0.198. The fraction of sp³-hybridized carbons (Fsp3) is 0.316. The molecule has 2 aromatic carbocycles. The highest BCUT2D eigenvalue weighted by Gasteiger charge is 2.32. The van der Waals surface area contributed by atoms with E-state index < -0.39 is 26.3 Å². The lowest BCUT2D eigenvalue weighted by Crippen LogP contribution is -2.38. The van der Waals surface area contributed by atoms with Crippen molar-refractivity contribution >= 4 is 32.8 Å². The zero-order chi connectivity index (χ0) is 21.2. The van der Waals surface area contributed by atoms with Gasteiger partial charge < -0.3 is 10.2 Å². The molecular formula is C19H20FN3O5S. The SMILES string of the molecule is CS(=O)(=O)c1cccc(N2CCC(C(=O)Nc3ccc(F)cc3)CC2)c1[N+](=O)[O-]. The number of para-hydroxylation sites is 1. The molecule has 1 saturated heterocycles. The van der Waals surface area contributed by atoms with Crippen molar-refractivity contribution in [2.75, 3.05) is 29.6 Å². The van der Waals surface area contributed by atoms with E-state index in [-0.39, 0.29) is 22.4 Å². The van der Waals surface area contributed by atoms with Crippen LogP contribution in [0, 0.1) is 21.8 Å². The van der Waals surface area contributed by atoms with E-state index in [1.54, 1.807) is 4.90 Å². The van der Waals surface area contributed by atoms with E-state index in [2.05, 4.69) is 5.32 Å². The number of benzene rings is 2. The first-order valence-electron chi connectivity index (χ1n) is 8.95. The van der Waals surface area contributed by atoms with Gasteiger partial charge in [-0.25, -0.2) is 12.8 Å². The Labute approximate surface area is 167 Å². The van der Waals surface area contributed by atoms with Gasteiger partial charge >= 0.3 is 5.69 Å². The third kappa shape index (κ3) is 4.70. The summed E-state index contributed by atoms with van der Waals surface area (Å²) in [4.78, 5) is 24.7. The van der Waals surface area contributed by atoms with Crippen LogP contribution in [0.4, 0.5) is 21.5 Å². The molecule has 0 atom stereocenters. The fourth-order valence-corrected chi connectivity index (χ4v) is 4.26. The molecule has 1 amide bonds. The Kier molecular flexibility index (Phi) is 5.83. The maximum atomic E-state index is 13.0. The lowest BCUT2D eigenvalue weighted by Gasteiger charge is -2.32. The molecule has 29 heavy (non-hydrogen) atoms. The predicted molar refractivity (Wildman–Crippen MR) is 106 cm³/mol. The van der Waals surface area contributed by atoms with Crippen LogP contribution in [0.1, 0.15) is 12.8 Å². The normalized spacial score (nSPS) is 15.2. The lowest BCUT2D eigenvalue weighted by molar-refractivity contribution is -0.387. The Morgan fingerprint density at radius 3 is 2.34 bits per heavy atom. The maximum absolute atomic E-state index is 13.0. The summed E-state index contributed by atoms with van der Waals surface area (Å²) >= 11 is 0. The van der Waals surface area contributed by atoms with Crippen molar-refractivity contribution in [2.45, 2.75) is 17.7 Å². The third-order valence-corrected chi connectivity index (χ3v) is 6.01. The van der Waals surface area contributed by atoms with Crippen LogP contribution in [0.2, 0.25) is 0 Å². The topological polar surface area (TPSA) is 110 Å². The van der Waals surface area contributed by atoms with Crippen LogP contribution in [-0.2, 0) is 14.6 Å². The molecule has 2 aromatic rings. The number of amides is 1. The average molecular weight is 421 g/mol. The average Bonchev–Trinajstić information content (AvgIpc) is 2.68. The zero-order valence-corrected chi connectivity index (χ0v) is 16.5. The second-order valence-corrected chi connectivity index (χ2v) is 8.89. The first kappa shape index (κ1) is 20.7. The Hall–Kier alpha value is -3.01. The number of nitrogens with zero attached hydrogens (tertiary/aromatic N) is 2. The number of nitro benzene ring substituents is 1. The summed E-state index contributed by atoms with van der Waals surface area (Å²) in [5, 5.41) is 14.3. The molecule has 0 spiro atoms. The highest BCUT2D eigenvalue weighted by Crippen LogP contribution is 2.36. The number of nitrogens with one attached hydrogen (secondary N) is 1. The number of nitro groups is 1. The molecule has 1 heterocycles. The van der Waals surface area contributed by atoms with Gasteiger partial charge in [-0.1, -0.05) is 6.07 Å². The van der Waals surface area contributed by atoms with Gasteiger partial charge in [-0.15, -0.1) is 0 Å². The molecule has 0 unspecified atom stereocenters. The van der Waals surface area contributed by atoms with Crippen molar-refractivity contribution < 1.29 is 22.5 Å². The quantitative estimate of drug-likeness (QED) is 0.587. The summed E-state index contributed by atoms with van der Waals surface area (Å²) < 4.78 is 36.8. The standard InChI is InChI=1S/C19H20FN3O5S/c1-29(27,28)17-4-2-3-16(18(17)23(25)26)22-11-9-13(10-12-22)19(24)21-15-7-5-14(20)6-8-15/h2-8,13H,9-12H2,1H3,(H,21,24). The Morgan fingerprint density at radius 2 is 1.79 bits per heavy atom. The summed E-state index contributed by atoms with van der Waals surface area (Å²) in [6, 6.07) is 9.68. The molecule has 1 fully saturated rings. The number of halogens is 1. The second kappa shape index (κ2) is 8.16. The van der Waals surface area contributed by atoms with Crippen molar-refractivity contribution in [1.29, 1.82) is 0 Å². The van der Waals surface area contributed by atoms with E-state index in [0.29, 0.717) is 31.6 Å². The van der Waals surface area contributed by atoms with Gasteiger partial charge in [-0.05, 0) is 49.2 Å². The molecule has 0 radical (unpaired) electrons. The second-order valence-electron chi connectivity index (χ2n) is 6.91. The van der Waals surface area contributed by atoms with E-state index in [1.807, 2.05) is 0 Å². The molecular weight excluding hydrogens is 401 g/mol. The number of hydrogen-bond donors (Lipinski definition) is 1. The molecule has 0 aliphatic carbocycles. The van der Waals surface area contributed by atoms with Crippen LogP contribution in [0.25, 0.3) is 0 Å². The molecule has 0 aromatic heterocycles. The van der Waals surface area contributed by atoms with Gasteiger partial charge in [0.25, 0.3) is 0 Å². The largest absolute Gasteiger partial charge is 0.366 e. The molecule has 8 nitrogen and oxygen atoms in total. The van der Waals surface area contributed by atoms with Crippen LogP contribution in [0.3, 0.4) is 0 Å². The Balaban J connectivity index is 1.73. The number of carbonyl (C=O) groups is 1. The monoisotopic (exact) mass is 421 g/mol. The van der Waals surface area contributed by atoms with Crippen LogP contribution in [0.5, 0.6) is 0 Å². The number of hydrogen-bond acceptors (Lipinski definition) is 6. The summed E-state index contributed by atoms with van der Waals surface area (Å²) in [5.41, 5.74) is 0.287. The van der Waals surface area contributed by atoms with Gasteiger partial charge in [0, 0.05) is 31.0 Å². The predicted octanol–water partition coefficient (Wildman–Crippen LogP) is 2.99. The van der Waals surface area contributed by atoms with Gasteiger partial charge in [-0.2, -0.15) is 0 Å². The van der Waals surface area contributed by atoms with Crippen molar-refractivity contribution in [1.82, 2.24) is 0 Å². The highest BCUT2D eigenvalue weighted by molar-refractivity contribution is 7.90. The highest BCUT2D eigenvalue weighted by atomic mass is 32.2. The molecule has 3 rings (SSSR count). The zero-order valence-electron chi connectivity index (χ0n) is 15.7. The van der Waals surface area contributed by atoms with Gasteiger partial charge in [0.1, 0.15) is 16.4 Å². The van der Waals surface area contributed by atoms with E-state index in [0.717, 1.165) is 6.26 Å². The number of carbonyl (C=O) groups excluding carboxylic acids is 1. The van der Waals surface area contributed by atoms with Crippen LogP contribution in [-0.4, -0.2) is 38.6 Å². The minimum atomic E-state index is -3.76. The molecule has 10 heteroatoms. The van der Waals surface area contributed by atoms with Crippen molar-refractivity contribution in [3.63, 3.8) is 0 Å². The van der Waals surface area contributed by atoms with Crippen LogP contribution < -0.4 is 10.2 Å². The molecule has 1 aliphatic rings. The van der Waals surface area contributed by atoms with E-state index in [9.17, 15) is 27.7 Å².